The number of ether oxygens (including phenoxy) is 1. The molecule has 0 bridgehead atoms. The number of methoxy groups -OCH3 is 1. The second-order valence-corrected chi connectivity index (χ2v) is 4.80. The highest BCUT2D eigenvalue weighted by molar-refractivity contribution is 6.43. The van der Waals surface area contributed by atoms with E-state index < -0.39 is 11.7 Å². The number of rotatable bonds is 2. The molecule has 0 spiro atoms. The quantitative estimate of drug-likeness (QED) is 0.690. The molecule has 2 aromatic rings. The molecule has 0 N–H and O–H groups in total. The van der Waals surface area contributed by atoms with Crippen molar-refractivity contribution in [1.29, 1.82) is 0 Å². The molecular weight excluding hydrogens is 312 g/mol. The Hall–Kier alpha value is -1.39. The van der Waals surface area contributed by atoms with E-state index in [9.17, 15) is 13.2 Å². The summed E-state index contributed by atoms with van der Waals surface area (Å²) in [5.41, 5.74) is -0.0912. The lowest BCUT2D eigenvalue weighted by molar-refractivity contribution is -0.138. The van der Waals surface area contributed by atoms with Gasteiger partial charge in [0, 0.05) is 5.56 Å². The van der Waals surface area contributed by atoms with Crippen LogP contribution in [0, 0.1) is 0 Å². The molecule has 0 aliphatic heterocycles. The molecule has 0 fully saturated rings. The van der Waals surface area contributed by atoms with Crippen LogP contribution in [0.5, 0.6) is 5.75 Å². The first-order valence-corrected chi connectivity index (χ1v) is 6.30. The van der Waals surface area contributed by atoms with Gasteiger partial charge >= 0.3 is 6.18 Å². The minimum Gasteiger partial charge on any atom is -0.496 e. The van der Waals surface area contributed by atoms with E-state index in [2.05, 4.69) is 0 Å². The summed E-state index contributed by atoms with van der Waals surface area (Å²) in [4.78, 5) is 0. The zero-order valence-electron chi connectivity index (χ0n) is 10.3. The Labute approximate surface area is 123 Å². The van der Waals surface area contributed by atoms with Gasteiger partial charge in [-0.2, -0.15) is 13.2 Å². The average molecular weight is 321 g/mol. The van der Waals surface area contributed by atoms with Crippen LogP contribution in [-0.2, 0) is 6.18 Å². The van der Waals surface area contributed by atoms with Gasteiger partial charge in [-0.3, -0.25) is 0 Å². The maximum atomic E-state index is 13.0. The SMILES string of the molecule is COc1ccc(-c2cccc(Cl)c2Cl)cc1C(F)(F)F. The summed E-state index contributed by atoms with van der Waals surface area (Å²) in [7, 11) is 1.19. The van der Waals surface area contributed by atoms with E-state index in [4.69, 9.17) is 27.9 Å². The van der Waals surface area contributed by atoms with Crippen LogP contribution >= 0.6 is 23.2 Å². The molecule has 6 heteroatoms. The maximum absolute atomic E-state index is 13.0. The zero-order valence-corrected chi connectivity index (χ0v) is 11.8. The van der Waals surface area contributed by atoms with Gasteiger partial charge in [0.05, 0.1) is 22.7 Å². The van der Waals surface area contributed by atoms with E-state index in [-0.39, 0.29) is 15.8 Å². The van der Waals surface area contributed by atoms with Crippen molar-refractivity contribution in [1.82, 2.24) is 0 Å². The van der Waals surface area contributed by atoms with Crippen LogP contribution in [0.4, 0.5) is 13.2 Å². The second kappa shape index (κ2) is 5.54. The Bertz CT molecular complexity index is 639. The van der Waals surface area contributed by atoms with Crippen molar-refractivity contribution in [2.45, 2.75) is 6.18 Å². The lowest BCUT2D eigenvalue weighted by Gasteiger charge is -2.14. The third-order valence-electron chi connectivity index (χ3n) is 2.77. The van der Waals surface area contributed by atoms with Crippen LogP contribution < -0.4 is 4.74 Å². The summed E-state index contributed by atoms with van der Waals surface area (Å²) in [6, 6.07) is 8.57. The molecule has 2 aromatic carbocycles. The first-order chi connectivity index (χ1) is 9.34. The lowest BCUT2D eigenvalue weighted by atomic mass is 10.0. The Kier molecular flexibility index (Phi) is 4.16. The van der Waals surface area contributed by atoms with Crippen LogP contribution in [0.15, 0.2) is 36.4 Å². The molecule has 0 saturated heterocycles. The lowest BCUT2D eigenvalue weighted by Crippen LogP contribution is -2.07. The van der Waals surface area contributed by atoms with Gasteiger partial charge in [0.25, 0.3) is 0 Å². The molecular formula is C14H9Cl2F3O. The van der Waals surface area contributed by atoms with Gasteiger partial charge in [0.2, 0.25) is 0 Å². The van der Waals surface area contributed by atoms with E-state index in [0.717, 1.165) is 6.07 Å². The largest absolute Gasteiger partial charge is 0.496 e. The molecule has 0 saturated carbocycles. The molecule has 0 unspecified atom stereocenters. The smallest absolute Gasteiger partial charge is 0.419 e. The van der Waals surface area contributed by atoms with Gasteiger partial charge in [-0.05, 0) is 23.8 Å². The molecule has 0 atom stereocenters. The Morgan fingerprint density at radius 1 is 1.05 bits per heavy atom. The minimum absolute atomic E-state index is 0.215. The third-order valence-corrected chi connectivity index (χ3v) is 3.59. The van der Waals surface area contributed by atoms with Gasteiger partial charge in [-0.25, -0.2) is 0 Å². The van der Waals surface area contributed by atoms with Gasteiger partial charge < -0.3 is 4.74 Å². The number of alkyl halides is 3. The summed E-state index contributed by atoms with van der Waals surface area (Å²) >= 11 is 11.9. The third kappa shape index (κ3) is 2.86. The van der Waals surface area contributed by atoms with E-state index in [1.165, 1.54) is 19.2 Å². The number of halogens is 5. The van der Waals surface area contributed by atoms with E-state index in [1.54, 1.807) is 18.2 Å². The maximum Gasteiger partial charge on any atom is 0.419 e. The van der Waals surface area contributed by atoms with Crippen molar-refractivity contribution in [3.63, 3.8) is 0 Å². The van der Waals surface area contributed by atoms with Gasteiger partial charge in [0.15, 0.2) is 0 Å². The molecule has 0 amide bonds. The summed E-state index contributed by atoms with van der Waals surface area (Å²) < 4.78 is 43.7. The standard InChI is InChI=1S/C14H9Cl2F3O/c1-20-12-6-5-8(7-10(12)14(17,18)19)9-3-2-4-11(15)13(9)16/h2-7H,1H3. The fraction of sp³-hybridized carbons (Fsp3) is 0.143. The molecule has 1 nitrogen and oxygen atoms in total. The minimum atomic E-state index is -4.51. The Balaban J connectivity index is 2.62. The highest BCUT2D eigenvalue weighted by Gasteiger charge is 2.34. The number of hydrogen-bond donors (Lipinski definition) is 0. The predicted molar refractivity (Wildman–Crippen MR) is 73.5 cm³/mol. The molecule has 0 radical (unpaired) electrons. The first-order valence-electron chi connectivity index (χ1n) is 5.54. The molecule has 0 aromatic heterocycles. The predicted octanol–water partition coefficient (Wildman–Crippen LogP) is 5.69. The van der Waals surface area contributed by atoms with Crippen LogP contribution in [0.25, 0.3) is 11.1 Å². The fourth-order valence-electron chi connectivity index (χ4n) is 1.82. The van der Waals surface area contributed by atoms with Crippen LogP contribution in [0.3, 0.4) is 0 Å². The summed E-state index contributed by atoms with van der Waals surface area (Å²) in [5.74, 6) is -0.237. The van der Waals surface area contributed by atoms with Crippen LogP contribution in [0.1, 0.15) is 5.56 Å². The van der Waals surface area contributed by atoms with Gasteiger partial charge in [-0.15, -0.1) is 0 Å². The Morgan fingerprint density at radius 3 is 2.35 bits per heavy atom. The van der Waals surface area contributed by atoms with Crippen molar-refractivity contribution in [3.05, 3.63) is 52.0 Å². The summed E-state index contributed by atoms with van der Waals surface area (Å²) in [6.45, 7) is 0. The van der Waals surface area contributed by atoms with E-state index in [1.807, 2.05) is 0 Å². The van der Waals surface area contributed by atoms with Crippen molar-refractivity contribution in [3.8, 4) is 16.9 Å². The topological polar surface area (TPSA) is 9.23 Å². The summed E-state index contributed by atoms with van der Waals surface area (Å²) in [5, 5.41) is 0.501. The van der Waals surface area contributed by atoms with Gasteiger partial charge in [0.1, 0.15) is 5.75 Å². The van der Waals surface area contributed by atoms with Crippen LogP contribution in [0.2, 0.25) is 10.0 Å². The fourth-order valence-corrected chi connectivity index (χ4v) is 2.23. The molecule has 0 aliphatic carbocycles. The molecule has 20 heavy (non-hydrogen) atoms. The second-order valence-electron chi connectivity index (χ2n) is 4.01. The first kappa shape index (κ1) is 15.0. The molecule has 0 aliphatic rings. The molecule has 2 rings (SSSR count). The van der Waals surface area contributed by atoms with Crippen molar-refractivity contribution in [2.24, 2.45) is 0 Å². The average Bonchev–Trinajstić information content (AvgIpc) is 2.40. The van der Waals surface area contributed by atoms with E-state index >= 15 is 0 Å². The van der Waals surface area contributed by atoms with Crippen molar-refractivity contribution >= 4 is 23.2 Å². The molecule has 0 heterocycles. The summed E-state index contributed by atoms with van der Waals surface area (Å²) in [6.07, 6.45) is -4.51. The van der Waals surface area contributed by atoms with Crippen molar-refractivity contribution < 1.29 is 17.9 Å². The number of benzene rings is 2. The zero-order chi connectivity index (χ0) is 14.9. The highest BCUT2D eigenvalue weighted by Crippen LogP contribution is 2.40. The van der Waals surface area contributed by atoms with Crippen LogP contribution in [-0.4, -0.2) is 7.11 Å². The normalized spacial score (nSPS) is 11.5. The Morgan fingerprint density at radius 2 is 1.75 bits per heavy atom. The monoisotopic (exact) mass is 320 g/mol. The van der Waals surface area contributed by atoms with E-state index in [0.29, 0.717) is 11.1 Å². The highest BCUT2D eigenvalue weighted by atomic mass is 35.5. The molecule has 106 valence electrons. The number of hydrogen-bond acceptors (Lipinski definition) is 1. The van der Waals surface area contributed by atoms with Gasteiger partial charge in [-0.1, -0.05) is 41.4 Å². The van der Waals surface area contributed by atoms with Crippen molar-refractivity contribution in [2.75, 3.05) is 7.11 Å².